The van der Waals surface area contributed by atoms with Gasteiger partial charge in [-0.2, -0.15) is 0 Å². The van der Waals surface area contributed by atoms with Crippen molar-refractivity contribution in [1.82, 2.24) is 4.90 Å². The number of hydrogen-bond donors (Lipinski definition) is 1. The van der Waals surface area contributed by atoms with Gasteiger partial charge >= 0.3 is 0 Å². The van der Waals surface area contributed by atoms with Gasteiger partial charge in [-0.1, -0.05) is 26.0 Å². The number of carbonyl (C=O) groups excluding carboxylic acids is 2. The van der Waals surface area contributed by atoms with Crippen LogP contribution >= 0.6 is 0 Å². The summed E-state index contributed by atoms with van der Waals surface area (Å²) in [7, 11) is 1.54. The zero-order valence-electron chi connectivity index (χ0n) is 14.9. The Morgan fingerprint density at radius 2 is 2.04 bits per heavy atom. The number of nitrogens with zero attached hydrogens (tertiary/aromatic N) is 1. The molecule has 0 saturated carbocycles. The Balaban J connectivity index is 2.43. The van der Waals surface area contributed by atoms with E-state index in [9.17, 15) is 14.7 Å². The summed E-state index contributed by atoms with van der Waals surface area (Å²) in [4.78, 5) is 26.3. The minimum Gasteiger partial charge on any atom is -0.503 e. The molecule has 0 aliphatic carbocycles. The molecule has 0 fully saturated rings. The lowest BCUT2D eigenvalue weighted by Gasteiger charge is -2.26. The highest BCUT2D eigenvalue weighted by molar-refractivity contribution is 6.08. The number of Topliss-reactive ketones (excluding diaryl/α,β-unsaturated/α-hetero) is 1. The number of aliphatic hydroxyl groups excluding tert-OH is 1. The number of rotatable bonds is 9. The maximum Gasteiger partial charge on any atom is 0.290 e. The summed E-state index contributed by atoms with van der Waals surface area (Å²) in [5.74, 6) is -0.574. The van der Waals surface area contributed by atoms with Gasteiger partial charge < -0.3 is 19.5 Å². The SMILES string of the molecule is CCCOc1cccc(C2C(C(=O)CC)=C(O)C(=O)N2CCOC)c1. The average molecular weight is 347 g/mol. The van der Waals surface area contributed by atoms with E-state index < -0.39 is 17.7 Å². The lowest BCUT2D eigenvalue weighted by atomic mass is 9.95. The Hall–Kier alpha value is -2.34. The molecule has 1 heterocycles. The number of hydrogen-bond acceptors (Lipinski definition) is 5. The second-order valence-electron chi connectivity index (χ2n) is 5.85. The number of carbonyl (C=O) groups is 2. The molecule has 1 aliphatic heterocycles. The molecule has 1 atom stereocenters. The Labute approximate surface area is 148 Å². The van der Waals surface area contributed by atoms with Crippen LogP contribution in [0.3, 0.4) is 0 Å². The fourth-order valence-electron chi connectivity index (χ4n) is 2.89. The molecule has 2 rings (SSSR count). The number of amides is 1. The van der Waals surface area contributed by atoms with Crippen molar-refractivity contribution in [2.45, 2.75) is 32.7 Å². The van der Waals surface area contributed by atoms with Crippen molar-refractivity contribution in [2.75, 3.05) is 26.9 Å². The third-order valence-corrected chi connectivity index (χ3v) is 4.11. The highest BCUT2D eigenvalue weighted by Crippen LogP contribution is 2.38. The molecule has 1 aromatic carbocycles. The Kier molecular flexibility index (Phi) is 6.58. The highest BCUT2D eigenvalue weighted by atomic mass is 16.5. The summed E-state index contributed by atoms with van der Waals surface area (Å²) in [6.07, 6.45) is 1.10. The number of aliphatic hydroxyl groups is 1. The van der Waals surface area contributed by atoms with Crippen LogP contribution < -0.4 is 4.74 Å². The number of ketones is 1. The molecule has 25 heavy (non-hydrogen) atoms. The van der Waals surface area contributed by atoms with Crippen molar-refractivity contribution in [1.29, 1.82) is 0 Å². The molecule has 0 saturated heterocycles. The minimum atomic E-state index is -0.625. The van der Waals surface area contributed by atoms with Gasteiger partial charge in [-0.25, -0.2) is 0 Å². The molecule has 0 spiro atoms. The molecule has 0 radical (unpaired) electrons. The van der Waals surface area contributed by atoms with Crippen molar-refractivity contribution >= 4 is 11.7 Å². The van der Waals surface area contributed by atoms with Crippen LogP contribution in [-0.4, -0.2) is 48.6 Å². The van der Waals surface area contributed by atoms with Gasteiger partial charge in [-0.05, 0) is 24.1 Å². The Bertz CT molecular complexity index is 668. The molecule has 6 heteroatoms. The normalized spacial score (nSPS) is 17.3. The van der Waals surface area contributed by atoms with Crippen molar-refractivity contribution < 1.29 is 24.2 Å². The fraction of sp³-hybridized carbons (Fsp3) is 0.474. The van der Waals surface area contributed by atoms with Crippen LogP contribution in [0.2, 0.25) is 0 Å². The molecule has 1 unspecified atom stereocenters. The molecule has 0 bridgehead atoms. The van der Waals surface area contributed by atoms with E-state index in [1.165, 1.54) is 4.90 Å². The Morgan fingerprint density at radius 1 is 1.28 bits per heavy atom. The van der Waals surface area contributed by atoms with Gasteiger partial charge in [0.15, 0.2) is 11.5 Å². The summed E-state index contributed by atoms with van der Waals surface area (Å²) < 4.78 is 10.7. The summed E-state index contributed by atoms with van der Waals surface area (Å²) in [5, 5.41) is 10.3. The van der Waals surface area contributed by atoms with Crippen molar-refractivity contribution in [2.24, 2.45) is 0 Å². The molecule has 6 nitrogen and oxygen atoms in total. The first-order valence-electron chi connectivity index (χ1n) is 8.54. The van der Waals surface area contributed by atoms with Crippen LogP contribution in [0.1, 0.15) is 38.3 Å². The van der Waals surface area contributed by atoms with Crippen LogP contribution in [-0.2, 0) is 14.3 Å². The van der Waals surface area contributed by atoms with Crippen LogP contribution in [0, 0.1) is 0 Å². The smallest absolute Gasteiger partial charge is 0.290 e. The van der Waals surface area contributed by atoms with Crippen molar-refractivity contribution in [3.63, 3.8) is 0 Å². The zero-order valence-corrected chi connectivity index (χ0v) is 14.9. The molecule has 1 aromatic rings. The lowest BCUT2D eigenvalue weighted by Crippen LogP contribution is -2.33. The highest BCUT2D eigenvalue weighted by Gasteiger charge is 2.42. The van der Waals surface area contributed by atoms with Gasteiger partial charge in [0.05, 0.1) is 24.8 Å². The van der Waals surface area contributed by atoms with E-state index in [2.05, 4.69) is 0 Å². The average Bonchev–Trinajstić information content (AvgIpc) is 2.88. The Morgan fingerprint density at radius 3 is 2.68 bits per heavy atom. The largest absolute Gasteiger partial charge is 0.503 e. The first kappa shape index (κ1) is 19.0. The van der Waals surface area contributed by atoms with E-state index in [1.807, 2.05) is 31.2 Å². The van der Waals surface area contributed by atoms with E-state index in [0.717, 1.165) is 12.0 Å². The first-order valence-corrected chi connectivity index (χ1v) is 8.54. The van der Waals surface area contributed by atoms with Crippen LogP contribution in [0.5, 0.6) is 5.75 Å². The molecular formula is C19H25NO5. The third kappa shape index (κ3) is 4.02. The fourth-order valence-corrected chi connectivity index (χ4v) is 2.89. The molecule has 136 valence electrons. The zero-order chi connectivity index (χ0) is 18.4. The molecule has 1 aliphatic rings. The molecular weight excluding hydrogens is 322 g/mol. The topological polar surface area (TPSA) is 76.1 Å². The van der Waals surface area contributed by atoms with E-state index in [1.54, 1.807) is 14.0 Å². The lowest BCUT2D eigenvalue weighted by molar-refractivity contribution is -0.130. The summed E-state index contributed by atoms with van der Waals surface area (Å²) in [6.45, 7) is 4.91. The minimum absolute atomic E-state index is 0.149. The molecule has 0 aromatic heterocycles. The van der Waals surface area contributed by atoms with Crippen molar-refractivity contribution in [3.8, 4) is 5.75 Å². The number of methoxy groups -OCH3 is 1. The number of ether oxygens (including phenoxy) is 2. The van der Waals surface area contributed by atoms with E-state index in [0.29, 0.717) is 19.0 Å². The van der Waals surface area contributed by atoms with Crippen LogP contribution in [0.4, 0.5) is 0 Å². The maximum absolute atomic E-state index is 12.5. The van der Waals surface area contributed by atoms with Crippen LogP contribution in [0.25, 0.3) is 0 Å². The summed E-state index contributed by atoms with van der Waals surface area (Å²) >= 11 is 0. The van der Waals surface area contributed by atoms with Gasteiger partial charge in [0.25, 0.3) is 5.91 Å². The standard InChI is InChI=1S/C19H25NO5/c1-4-10-25-14-8-6-7-13(12-14)17-16(15(21)5-2)18(22)19(23)20(17)9-11-24-3/h6-8,12,17,22H,4-5,9-11H2,1-3H3. The predicted octanol–water partition coefficient (Wildman–Crippen LogP) is 2.80. The van der Waals surface area contributed by atoms with Crippen LogP contribution in [0.15, 0.2) is 35.6 Å². The maximum atomic E-state index is 12.5. The second-order valence-corrected chi connectivity index (χ2v) is 5.85. The first-order chi connectivity index (χ1) is 12.0. The number of benzene rings is 1. The van der Waals surface area contributed by atoms with Gasteiger partial charge in [0.2, 0.25) is 0 Å². The third-order valence-electron chi connectivity index (χ3n) is 4.11. The van der Waals surface area contributed by atoms with E-state index in [4.69, 9.17) is 9.47 Å². The molecule has 1 amide bonds. The quantitative estimate of drug-likeness (QED) is 0.743. The van der Waals surface area contributed by atoms with Crippen molar-refractivity contribution in [3.05, 3.63) is 41.2 Å². The van der Waals surface area contributed by atoms with Gasteiger partial charge in [-0.15, -0.1) is 0 Å². The van der Waals surface area contributed by atoms with Gasteiger partial charge in [-0.3, -0.25) is 9.59 Å². The summed E-state index contributed by atoms with van der Waals surface area (Å²) in [6, 6.07) is 6.68. The summed E-state index contributed by atoms with van der Waals surface area (Å²) in [5.41, 5.74) is 0.884. The van der Waals surface area contributed by atoms with E-state index in [-0.39, 0.29) is 24.3 Å². The van der Waals surface area contributed by atoms with E-state index >= 15 is 0 Å². The second kappa shape index (κ2) is 8.67. The molecule has 1 N–H and O–H groups in total. The monoisotopic (exact) mass is 347 g/mol. The predicted molar refractivity (Wildman–Crippen MR) is 93.5 cm³/mol. The van der Waals surface area contributed by atoms with Gasteiger partial charge in [0.1, 0.15) is 5.75 Å². The van der Waals surface area contributed by atoms with Gasteiger partial charge in [0, 0.05) is 20.1 Å².